The molecule has 1 aliphatic heterocycles. The summed E-state index contributed by atoms with van der Waals surface area (Å²) < 4.78 is 5.30. The van der Waals surface area contributed by atoms with Crippen molar-refractivity contribution in [2.45, 2.75) is 53.0 Å². The van der Waals surface area contributed by atoms with E-state index in [0.717, 1.165) is 57.2 Å². The second-order valence-corrected chi connectivity index (χ2v) is 7.15. The SMILES string of the molecule is CCOCCCNC(=S)N1CCC(NC(=O)C(C)(C)C)CC1. The van der Waals surface area contributed by atoms with Crippen LogP contribution in [0.2, 0.25) is 0 Å². The first-order valence-corrected chi connectivity index (χ1v) is 8.67. The standard InChI is InChI=1S/C16H31N3O2S/c1-5-21-12-6-9-17-15(22)19-10-7-13(8-11-19)18-14(20)16(2,3)4/h13H,5-12H2,1-4H3,(H,17,22)(H,18,20). The minimum atomic E-state index is -0.325. The van der Waals surface area contributed by atoms with Crippen LogP contribution in [0.4, 0.5) is 0 Å². The molecule has 0 atom stereocenters. The highest BCUT2D eigenvalue weighted by molar-refractivity contribution is 7.80. The quantitative estimate of drug-likeness (QED) is 0.576. The number of likely N-dealkylation sites (tertiary alicyclic amines) is 1. The molecule has 1 fully saturated rings. The number of rotatable bonds is 6. The first-order valence-electron chi connectivity index (χ1n) is 8.26. The van der Waals surface area contributed by atoms with E-state index in [1.807, 2.05) is 27.7 Å². The van der Waals surface area contributed by atoms with E-state index in [0.29, 0.717) is 0 Å². The molecule has 1 heterocycles. The summed E-state index contributed by atoms with van der Waals surface area (Å²) in [6, 6.07) is 0.267. The van der Waals surface area contributed by atoms with Gasteiger partial charge in [0, 0.05) is 44.3 Å². The highest BCUT2D eigenvalue weighted by Crippen LogP contribution is 2.16. The number of hydrogen-bond donors (Lipinski definition) is 2. The highest BCUT2D eigenvalue weighted by atomic mass is 32.1. The van der Waals surface area contributed by atoms with Crippen LogP contribution in [0.25, 0.3) is 0 Å². The fraction of sp³-hybridized carbons (Fsp3) is 0.875. The van der Waals surface area contributed by atoms with Gasteiger partial charge in [0.25, 0.3) is 0 Å². The predicted octanol–water partition coefficient (Wildman–Crippen LogP) is 1.91. The number of amides is 1. The molecular formula is C16H31N3O2S. The molecule has 22 heavy (non-hydrogen) atoms. The molecule has 1 aliphatic rings. The minimum Gasteiger partial charge on any atom is -0.382 e. The van der Waals surface area contributed by atoms with Gasteiger partial charge in [0.2, 0.25) is 5.91 Å². The average molecular weight is 330 g/mol. The van der Waals surface area contributed by atoms with Gasteiger partial charge in [-0.3, -0.25) is 4.79 Å². The van der Waals surface area contributed by atoms with E-state index in [9.17, 15) is 4.79 Å². The molecule has 0 aromatic rings. The van der Waals surface area contributed by atoms with Crippen molar-refractivity contribution < 1.29 is 9.53 Å². The van der Waals surface area contributed by atoms with Crippen LogP contribution in [0.3, 0.4) is 0 Å². The fourth-order valence-corrected chi connectivity index (χ4v) is 2.54. The summed E-state index contributed by atoms with van der Waals surface area (Å²) in [5.41, 5.74) is -0.325. The van der Waals surface area contributed by atoms with Gasteiger partial charge in [-0.05, 0) is 38.4 Å². The maximum atomic E-state index is 12.0. The third-order valence-electron chi connectivity index (χ3n) is 3.74. The topological polar surface area (TPSA) is 53.6 Å². The summed E-state index contributed by atoms with van der Waals surface area (Å²) in [5.74, 6) is 0.127. The van der Waals surface area contributed by atoms with Crippen LogP contribution < -0.4 is 10.6 Å². The number of piperidine rings is 1. The van der Waals surface area contributed by atoms with Crippen molar-refractivity contribution in [2.24, 2.45) is 5.41 Å². The molecule has 128 valence electrons. The maximum absolute atomic E-state index is 12.0. The number of nitrogens with one attached hydrogen (secondary N) is 2. The van der Waals surface area contributed by atoms with Crippen LogP contribution in [0, 0.1) is 5.41 Å². The molecule has 0 saturated carbocycles. The Morgan fingerprint density at radius 1 is 1.32 bits per heavy atom. The molecular weight excluding hydrogens is 298 g/mol. The van der Waals surface area contributed by atoms with Crippen LogP contribution in [0.1, 0.15) is 47.0 Å². The van der Waals surface area contributed by atoms with Gasteiger partial charge in [0.05, 0.1) is 0 Å². The molecule has 5 nitrogen and oxygen atoms in total. The maximum Gasteiger partial charge on any atom is 0.225 e. The monoisotopic (exact) mass is 329 g/mol. The van der Waals surface area contributed by atoms with Gasteiger partial charge in [-0.25, -0.2) is 0 Å². The molecule has 0 aromatic carbocycles. The molecule has 0 aromatic heterocycles. The van der Waals surface area contributed by atoms with Gasteiger partial charge in [-0.2, -0.15) is 0 Å². The normalized spacial score (nSPS) is 16.5. The summed E-state index contributed by atoms with van der Waals surface area (Å²) in [6.07, 6.45) is 2.86. The van der Waals surface area contributed by atoms with Crippen molar-refractivity contribution in [3.63, 3.8) is 0 Å². The summed E-state index contributed by atoms with van der Waals surface area (Å²) >= 11 is 5.42. The lowest BCUT2D eigenvalue weighted by atomic mass is 9.94. The van der Waals surface area contributed by atoms with Gasteiger partial charge in [0.15, 0.2) is 5.11 Å². The first kappa shape index (κ1) is 19.2. The number of carbonyl (C=O) groups is 1. The van der Waals surface area contributed by atoms with Crippen LogP contribution in [0.5, 0.6) is 0 Å². The highest BCUT2D eigenvalue weighted by Gasteiger charge is 2.27. The minimum absolute atomic E-state index is 0.127. The van der Waals surface area contributed by atoms with Crippen LogP contribution >= 0.6 is 12.2 Å². The molecule has 1 amide bonds. The van der Waals surface area contributed by atoms with Crippen molar-refractivity contribution in [3.05, 3.63) is 0 Å². The molecule has 2 N–H and O–H groups in total. The van der Waals surface area contributed by atoms with Gasteiger partial charge in [0.1, 0.15) is 0 Å². The summed E-state index contributed by atoms with van der Waals surface area (Å²) in [7, 11) is 0. The lowest BCUT2D eigenvalue weighted by Gasteiger charge is -2.35. The molecule has 0 aliphatic carbocycles. The van der Waals surface area contributed by atoms with E-state index in [-0.39, 0.29) is 17.4 Å². The third kappa shape index (κ3) is 6.92. The summed E-state index contributed by atoms with van der Waals surface area (Å²) in [5, 5.41) is 7.24. The third-order valence-corrected chi connectivity index (χ3v) is 4.15. The van der Waals surface area contributed by atoms with Crippen LogP contribution in [-0.2, 0) is 9.53 Å². The van der Waals surface area contributed by atoms with E-state index < -0.39 is 0 Å². The van der Waals surface area contributed by atoms with E-state index in [4.69, 9.17) is 17.0 Å². The molecule has 0 radical (unpaired) electrons. The Labute approximate surface area is 140 Å². The largest absolute Gasteiger partial charge is 0.382 e. The zero-order chi connectivity index (χ0) is 16.6. The van der Waals surface area contributed by atoms with Gasteiger partial charge in [-0.15, -0.1) is 0 Å². The number of nitrogens with zero attached hydrogens (tertiary/aromatic N) is 1. The lowest BCUT2D eigenvalue weighted by Crippen LogP contribution is -2.51. The van der Waals surface area contributed by atoms with Crippen LogP contribution in [0.15, 0.2) is 0 Å². The zero-order valence-electron chi connectivity index (χ0n) is 14.4. The molecule has 0 unspecified atom stereocenters. The second kappa shape index (κ2) is 9.30. The number of carbonyl (C=O) groups excluding carboxylic acids is 1. The molecule has 0 bridgehead atoms. The molecule has 1 saturated heterocycles. The Morgan fingerprint density at radius 3 is 2.50 bits per heavy atom. The number of hydrogen-bond acceptors (Lipinski definition) is 3. The Morgan fingerprint density at radius 2 is 1.95 bits per heavy atom. The summed E-state index contributed by atoms with van der Waals surface area (Å²) in [4.78, 5) is 14.2. The van der Waals surface area contributed by atoms with E-state index in [1.165, 1.54) is 0 Å². The van der Waals surface area contributed by atoms with Crippen LogP contribution in [-0.4, -0.2) is 54.8 Å². The first-order chi connectivity index (χ1) is 10.3. The smallest absolute Gasteiger partial charge is 0.225 e. The van der Waals surface area contributed by atoms with Gasteiger partial charge >= 0.3 is 0 Å². The summed E-state index contributed by atoms with van der Waals surface area (Å²) in [6.45, 7) is 12.0. The van der Waals surface area contributed by atoms with E-state index in [1.54, 1.807) is 0 Å². The lowest BCUT2D eigenvalue weighted by molar-refractivity contribution is -0.129. The predicted molar refractivity (Wildman–Crippen MR) is 93.9 cm³/mol. The van der Waals surface area contributed by atoms with Crippen molar-refractivity contribution in [2.75, 3.05) is 32.8 Å². The Kier molecular flexibility index (Phi) is 8.10. The second-order valence-electron chi connectivity index (χ2n) is 6.77. The van der Waals surface area contributed by atoms with Gasteiger partial charge in [-0.1, -0.05) is 20.8 Å². The molecule has 6 heteroatoms. The Hall–Kier alpha value is -0.880. The number of thiocarbonyl (C=S) groups is 1. The van der Waals surface area contributed by atoms with Crippen molar-refractivity contribution >= 4 is 23.2 Å². The fourth-order valence-electron chi connectivity index (χ4n) is 2.25. The van der Waals surface area contributed by atoms with Crippen molar-refractivity contribution in [1.29, 1.82) is 0 Å². The zero-order valence-corrected chi connectivity index (χ0v) is 15.2. The van der Waals surface area contributed by atoms with Crippen molar-refractivity contribution in [1.82, 2.24) is 15.5 Å². The van der Waals surface area contributed by atoms with Crippen molar-refractivity contribution in [3.8, 4) is 0 Å². The molecule has 0 spiro atoms. The average Bonchev–Trinajstić information content (AvgIpc) is 2.46. The molecule has 1 rings (SSSR count). The van der Waals surface area contributed by atoms with Gasteiger partial charge < -0.3 is 20.3 Å². The van der Waals surface area contributed by atoms with E-state index in [2.05, 4.69) is 15.5 Å². The Bertz CT molecular complexity index is 361. The van der Waals surface area contributed by atoms with E-state index >= 15 is 0 Å². The Balaban J connectivity index is 2.21. The number of ether oxygens (including phenoxy) is 1.